The van der Waals surface area contributed by atoms with Gasteiger partial charge in [-0.15, -0.1) is 0 Å². The number of nitrogens with one attached hydrogen (secondary N) is 1. The molecule has 0 aliphatic heterocycles. The number of carbonyl (C=O) groups is 1. The highest BCUT2D eigenvalue weighted by molar-refractivity contribution is 5.88. The van der Waals surface area contributed by atoms with Gasteiger partial charge in [0.05, 0.1) is 11.6 Å². The van der Waals surface area contributed by atoms with Crippen LogP contribution in [0.4, 0.5) is 5.69 Å². The van der Waals surface area contributed by atoms with Crippen LogP contribution in [0.25, 0.3) is 0 Å². The van der Waals surface area contributed by atoms with Crippen LogP contribution in [0.15, 0.2) is 48.5 Å². The minimum Gasteiger partial charge on any atom is -0.330 e. The van der Waals surface area contributed by atoms with E-state index in [2.05, 4.69) is 30.1 Å². The Balaban J connectivity index is 2.13. The van der Waals surface area contributed by atoms with Crippen LogP contribution in [0, 0.1) is 16.7 Å². The molecule has 0 heterocycles. The molecule has 0 aliphatic rings. The fraction of sp³-hybridized carbons (Fsp3) is 0.364. The molecule has 0 aliphatic carbocycles. The van der Waals surface area contributed by atoms with Gasteiger partial charge in [0.2, 0.25) is 5.91 Å². The molecular formula is C22H28N4O. The number of nitrogens with two attached hydrogens (primary N) is 1. The number of anilines is 1. The molecule has 3 N–H and O–H groups in total. The second kappa shape index (κ2) is 9.31. The van der Waals surface area contributed by atoms with Gasteiger partial charge < -0.3 is 11.1 Å². The molecule has 5 heteroatoms. The smallest absolute Gasteiger partial charge is 0.221 e. The average Bonchev–Trinajstić information content (AvgIpc) is 2.63. The SMILES string of the molecule is CC(=O)Nc1ccc(CN(Cc2ccc(C#N)cc2)CC(C)(C)CN)cc1. The molecule has 0 radical (unpaired) electrons. The van der Waals surface area contributed by atoms with Crippen molar-refractivity contribution in [2.24, 2.45) is 11.1 Å². The Hall–Kier alpha value is -2.68. The van der Waals surface area contributed by atoms with E-state index in [9.17, 15) is 4.79 Å². The second-order valence-electron chi connectivity index (χ2n) is 7.70. The summed E-state index contributed by atoms with van der Waals surface area (Å²) in [6.07, 6.45) is 0. The summed E-state index contributed by atoms with van der Waals surface area (Å²) in [7, 11) is 0. The number of hydrogen-bond acceptors (Lipinski definition) is 4. The van der Waals surface area contributed by atoms with E-state index in [1.807, 2.05) is 48.5 Å². The molecule has 0 spiro atoms. The number of benzene rings is 2. The third kappa shape index (κ3) is 6.86. The molecule has 0 fully saturated rings. The maximum atomic E-state index is 11.2. The van der Waals surface area contributed by atoms with Crippen LogP contribution in [-0.2, 0) is 17.9 Å². The molecule has 2 aromatic carbocycles. The van der Waals surface area contributed by atoms with Crippen LogP contribution in [0.5, 0.6) is 0 Å². The van der Waals surface area contributed by atoms with Crippen molar-refractivity contribution in [3.05, 3.63) is 65.2 Å². The molecule has 0 aromatic heterocycles. The molecule has 2 aromatic rings. The van der Waals surface area contributed by atoms with Crippen LogP contribution >= 0.6 is 0 Å². The standard InChI is InChI=1S/C22H28N4O/c1-17(27)25-21-10-8-20(9-11-21)14-26(16-22(2,3)15-24)13-19-6-4-18(12-23)5-7-19/h4-11H,13-16,24H2,1-3H3,(H,25,27). The first kappa shape index (κ1) is 20.6. The van der Waals surface area contributed by atoms with Crippen LogP contribution in [0.2, 0.25) is 0 Å². The zero-order chi connectivity index (χ0) is 19.9. The van der Waals surface area contributed by atoms with Crippen molar-refractivity contribution in [1.29, 1.82) is 5.26 Å². The van der Waals surface area contributed by atoms with Gasteiger partial charge in [-0.2, -0.15) is 5.26 Å². The number of hydrogen-bond donors (Lipinski definition) is 2. The second-order valence-corrected chi connectivity index (χ2v) is 7.70. The van der Waals surface area contributed by atoms with Crippen molar-refractivity contribution >= 4 is 11.6 Å². The highest BCUT2D eigenvalue weighted by Crippen LogP contribution is 2.20. The van der Waals surface area contributed by atoms with Gasteiger partial charge in [0.25, 0.3) is 0 Å². The van der Waals surface area contributed by atoms with Crippen LogP contribution in [0.1, 0.15) is 37.5 Å². The summed E-state index contributed by atoms with van der Waals surface area (Å²) in [5.74, 6) is -0.0742. The number of nitrogens with zero attached hydrogens (tertiary/aromatic N) is 2. The van der Waals surface area contributed by atoms with Crippen molar-refractivity contribution < 1.29 is 4.79 Å². The largest absolute Gasteiger partial charge is 0.330 e. The quantitative estimate of drug-likeness (QED) is 0.751. The first-order valence-corrected chi connectivity index (χ1v) is 9.09. The minimum atomic E-state index is -0.0742. The van der Waals surface area contributed by atoms with Crippen molar-refractivity contribution in [2.45, 2.75) is 33.9 Å². The number of amides is 1. The van der Waals surface area contributed by atoms with E-state index in [1.54, 1.807) is 0 Å². The molecular weight excluding hydrogens is 336 g/mol. The molecule has 0 atom stereocenters. The third-order valence-corrected chi connectivity index (χ3v) is 4.37. The third-order valence-electron chi connectivity index (χ3n) is 4.37. The van der Waals surface area contributed by atoms with E-state index in [-0.39, 0.29) is 11.3 Å². The summed E-state index contributed by atoms with van der Waals surface area (Å²) in [4.78, 5) is 13.5. The predicted octanol–water partition coefficient (Wildman–Crippen LogP) is 3.50. The van der Waals surface area contributed by atoms with Crippen molar-refractivity contribution in [1.82, 2.24) is 4.90 Å². The number of carbonyl (C=O) groups excluding carboxylic acids is 1. The molecule has 27 heavy (non-hydrogen) atoms. The van der Waals surface area contributed by atoms with Gasteiger partial charge in [-0.25, -0.2) is 0 Å². The monoisotopic (exact) mass is 364 g/mol. The Kier molecular flexibility index (Phi) is 7.12. The zero-order valence-corrected chi connectivity index (χ0v) is 16.3. The summed E-state index contributed by atoms with van der Waals surface area (Å²) in [5, 5.41) is 11.8. The lowest BCUT2D eigenvalue weighted by atomic mass is 9.92. The highest BCUT2D eigenvalue weighted by atomic mass is 16.1. The fourth-order valence-corrected chi connectivity index (χ4v) is 2.94. The molecule has 2 rings (SSSR count). The molecule has 0 saturated carbocycles. The van der Waals surface area contributed by atoms with Gasteiger partial charge in [-0.05, 0) is 47.4 Å². The van der Waals surface area contributed by atoms with Gasteiger partial charge in [0.1, 0.15) is 0 Å². The fourth-order valence-electron chi connectivity index (χ4n) is 2.94. The zero-order valence-electron chi connectivity index (χ0n) is 16.3. The lowest BCUT2D eigenvalue weighted by Crippen LogP contribution is -2.38. The first-order valence-electron chi connectivity index (χ1n) is 9.09. The Labute approximate surface area is 161 Å². The predicted molar refractivity (Wildman–Crippen MR) is 109 cm³/mol. The summed E-state index contributed by atoms with van der Waals surface area (Å²) in [5.41, 5.74) is 9.75. The van der Waals surface area contributed by atoms with Gasteiger partial charge in [0, 0.05) is 32.2 Å². The summed E-state index contributed by atoms with van der Waals surface area (Å²) in [6.45, 7) is 8.86. The van der Waals surface area contributed by atoms with E-state index < -0.39 is 0 Å². The van der Waals surface area contributed by atoms with Gasteiger partial charge >= 0.3 is 0 Å². The maximum absolute atomic E-state index is 11.2. The van der Waals surface area contributed by atoms with Gasteiger partial charge in [0.15, 0.2) is 0 Å². The minimum absolute atomic E-state index is 0.00270. The molecule has 0 saturated heterocycles. The van der Waals surface area contributed by atoms with E-state index >= 15 is 0 Å². The topological polar surface area (TPSA) is 82.2 Å². The Morgan fingerprint density at radius 1 is 1.07 bits per heavy atom. The Morgan fingerprint density at radius 3 is 2.04 bits per heavy atom. The molecule has 1 amide bonds. The van der Waals surface area contributed by atoms with E-state index in [0.29, 0.717) is 12.1 Å². The maximum Gasteiger partial charge on any atom is 0.221 e. The van der Waals surface area contributed by atoms with Crippen LogP contribution < -0.4 is 11.1 Å². The van der Waals surface area contributed by atoms with Crippen LogP contribution in [-0.4, -0.2) is 23.9 Å². The van der Waals surface area contributed by atoms with Gasteiger partial charge in [-0.3, -0.25) is 9.69 Å². The van der Waals surface area contributed by atoms with Crippen molar-refractivity contribution in [3.8, 4) is 6.07 Å². The Bertz CT molecular complexity index is 789. The Morgan fingerprint density at radius 2 is 1.59 bits per heavy atom. The lowest BCUT2D eigenvalue weighted by molar-refractivity contribution is -0.114. The lowest BCUT2D eigenvalue weighted by Gasteiger charge is -2.32. The van der Waals surface area contributed by atoms with Crippen molar-refractivity contribution in [3.63, 3.8) is 0 Å². The average molecular weight is 364 g/mol. The molecule has 0 bridgehead atoms. The van der Waals surface area contributed by atoms with Gasteiger partial charge in [-0.1, -0.05) is 38.1 Å². The summed E-state index contributed by atoms with van der Waals surface area (Å²) < 4.78 is 0. The normalized spacial score (nSPS) is 11.3. The molecule has 0 unspecified atom stereocenters. The summed E-state index contributed by atoms with van der Waals surface area (Å²) >= 11 is 0. The van der Waals surface area contributed by atoms with E-state index in [4.69, 9.17) is 11.0 Å². The first-order chi connectivity index (χ1) is 12.8. The highest BCUT2D eigenvalue weighted by Gasteiger charge is 2.20. The summed E-state index contributed by atoms with van der Waals surface area (Å²) in [6, 6.07) is 17.8. The number of nitriles is 1. The number of rotatable bonds is 8. The van der Waals surface area contributed by atoms with E-state index in [0.717, 1.165) is 30.9 Å². The molecule has 142 valence electrons. The molecule has 5 nitrogen and oxygen atoms in total. The van der Waals surface area contributed by atoms with Crippen molar-refractivity contribution in [2.75, 3.05) is 18.4 Å². The van der Waals surface area contributed by atoms with E-state index in [1.165, 1.54) is 12.5 Å². The van der Waals surface area contributed by atoms with Crippen LogP contribution in [0.3, 0.4) is 0 Å².